The Labute approximate surface area is 189 Å². The van der Waals surface area contributed by atoms with Crippen LogP contribution < -0.4 is 0 Å². The monoisotopic (exact) mass is 534 g/mol. The van der Waals surface area contributed by atoms with Crippen LogP contribution in [0.15, 0.2) is 9.67 Å². The van der Waals surface area contributed by atoms with Crippen LogP contribution in [0, 0.1) is 0 Å². The molecule has 0 amide bonds. The Morgan fingerprint density at radius 2 is 1.34 bits per heavy atom. The molecule has 174 valence electrons. The molecule has 2 unspecified atom stereocenters. The average Bonchev–Trinajstić information content (AvgIpc) is 2.60. The number of unbranched alkanes of at least 4 members (excludes halogenated alkanes) is 3. The van der Waals surface area contributed by atoms with E-state index in [0.29, 0.717) is 0 Å². The van der Waals surface area contributed by atoms with Gasteiger partial charge in [0.15, 0.2) is 0 Å². The molecule has 0 bridgehead atoms. The van der Waals surface area contributed by atoms with Crippen molar-refractivity contribution >= 4 is 26.7 Å². The van der Waals surface area contributed by atoms with Gasteiger partial charge in [0.1, 0.15) is 0 Å². The molecular weight excluding hydrogens is 479 g/mol. The van der Waals surface area contributed by atoms with E-state index in [1.54, 1.807) is 3.59 Å². The normalized spacial score (nSPS) is 16.2. The van der Waals surface area contributed by atoms with Crippen LogP contribution in [0.1, 0.15) is 100 Å². The van der Waals surface area contributed by atoms with Gasteiger partial charge in [-0.2, -0.15) is 0 Å². The van der Waals surface area contributed by atoms with E-state index in [0.717, 1.165) is 6.42 Å². The zero-order chi connectivity index (χ0) is 22.7. The van der Waals surface area contributed by atoms with Gasteiger partial charge in [-0.25, -0.2) is 0 Å². The van der Waals surface area contributed by atoms with Crippen LogP contribution in [0.5, 0.6) is 0 Å². The van der Waals surface area contributed by atoms with E-state index in [9.17, 15) is 5.11 Å². The Bertz CT molecular complexity index is 444. The van der Waals surface area contributed by atoms with Gasteiger partial charge in [-0.3, -0.25) is 0 Å². The first-order chi connectivity index (χ1) is 13.4. The van der Waals surface area contributed by atoms with Crippen molar-refractivity contribution in [3.05, 3.63) is 9.67 Å². The Hall–Kier alpha value is 0.676. The van der Waals surface area contributed by atoms with Gasteiger partial charge in [0.05, 0.1) is 0 Å². The molecule has 0 aromatic rings. The maximum atomic E-state index is 10.1. The predicted molar refractivity (Wildman–Crippen MR) is 137 cm³/mol. The summed E-state index contributed by atoms with van der Waals surface area (Å²) in [7, 11) is -1.83. The van der Waals surface area contributed by atoms with Gasteiger partial charge >= 0.3 is 190 Å². The van der Waals surface area contributed by atoms with Gasteiger partial charge in [-0.15, -0.1) is 0 Å². The molecule has 2 nitrogen and oxygen atoms in total. The number of rotatable bonds is 15. The molecule has 0 saturated carbocycles. The SMILES string of the molecule is CCC[CH2][Sn]([CH2]CCC)([CH2]CCC)/[C](=C\CC(C)O)C(C)O[Si](C)(C)C(C)(C)C. The van der Waals surface area contributed by atoms with E-state index in [-0.39, 0.29) is 17.2 Å². The van der Waals surface area contributed by atoms with E-state index in [4.69, 9.17) is 4.43 Å². The van der Waals surface area contributed by atoms with Gasteiger partial charge in [-0.1, -0.05) is 0 Å². The molecule has 0 aliphatic carbocycles. The number of hydrogen-bond donors (Lipinski definition) is 1. The Kier molecular flexibility index (Phi) is 14.3. The summed E-state index contributed by atoms with van der Waals surface area (Å²) in [6, 6.07) is 0. The summed E-state index contributed by atoms with van der Waals surface area (Å²) in [6.45, 7) is 23.1. The van der Waals surface area contributed by atoms with Crippen molar-refractivity contribution in [2.24, 2.45) is 0 Å². The van der Waals surface area contributed by atoms with E-state index in [1.165, 1.54) is 51.8 Å². The fraction of sp³-hybridized carbons (Fsp3) is 0.920. The molecule has 4 heteroatoms. The molecule has 1 N–H and O–H groups in total. The van der Waals surface area contributed by atoms with Crippen LogP contribution in [-0.4, -0.2) is 44.0 Å². The van der Waals surface area contributed by atoms with Crippen molar-refractivity contribution in [3.63, 3.8) is 0 Å². The molecule has 0 radical (unpaired) electrons. The fourth-order valence-electron chi connectivity index (χ4n) is 4.15. The molecule has 0 rings (SSSR count). The minimum absolute atomic E-state index is 0.219. The van der Waals surface area contributed by atoms with Gasteiger partial charge in [0.2, 0.25) is 0 Å². The van der Waals surface area contributed by atoms with Gasteiger partial charge in [-0.05, 0) is 0 Å². The van der Waals surface area contributed by atoms with Gasteiger partial charge in [0, 0.05) is 0 Å². The van der Waals surface area contributed by atoms with Crippen molar-refractivity contribution in [1.29, 1.82) is 0 Å². The van der Waals surface area contributed by atoms with Crippen LogP contribution in [0.2, 0.25) is 31.4 Å². The Balaban J connectivity index is 6.16. The summed E-state index contributed by atoms with van der Waals surface area (Å²) >= 11 is -2.58. The predicted octanol–water partition coefficient (Wildman–Crippen LogP) is 8.48. The van der Waals surface area contributed by atoms with Crippen molar-refractivity contribution in [3.8, 4) is 0 Å². The standard InChI is InChI=1S/C13H27O2Si.3C4H9.Sn/c1-11(14)9-8-10-12(2)15-16(6,7)13(3,4)5;3*1-3-4-2;/h8,11-12,14H,9H2,1-7H3;3*1,3-4H2,2H3;. The second-order valence-electron chi connectivity index (χ2n) is 10.9. The number of aliphatic hydroxyl groups excluding tert-OH is 1. The molecule has 0 heterocycles. The van der Waals surface area contributed by atoms with Gasteiger partial charge < -0.3 is 0 Å². The summed E-state index contributed by atoms with van der Waals surface area (Å²) in [5.74, 6) is 0. The number of hydrogen-bond acceptors (Lipinski definition) is 2. The molecule has 0 aliphatic rings. The molecule has 2 atom stereocenters. The third-order valence-electron chi connectivity index (χ3n) is 7.03. The second-order valence-corrected chi connectivity index (χ2v) is 28.8. The van der Waals surface area contributed by atoms with E-state index < -0.39 is 26.7 Å². The third kappa shape index (κ3) is 10.2. The molecule has 0 aromatic heterocycles. The first-order valence-corrected chi connectivity index (χ1v) is 22.8. The van der Waals surface area contributed by atoms with Crippen molar-refractivity contribution in [2.75, 3.05) is 0 Å². The topological polar surface area (TPSA) is 29.5 Å². The molecule has 0 fully saturated rings. The average molecular weight is 534 g/mol. The number of aliphatic hydroxyl groups is 1. The molecule has 0 aromatic carbocycles. The summed E-state index contributed by atoms with van der Waals surface area (Å²) in [4.78, 5) is 0. The molecular formula is C25H54O2SiSn. The second kappa shape index (κ2) is 14.0. The summed E-state index contributed by atoms with van der Waals surface area (Å²) in [5.41, 5.74) is 0. The first kappa shape index (κ1) is 29.7. The van der Waals surface area contributed by atoms with Crippen LogP contribution in [0.4, 0.5) is 0 Å². The molecule has 29 heavy (non-hydrogen) atoms. The van der Waals surface area contributed by atoms with Gasteiger partial charge in [0.25, 0.3) is 0 Å². The van der Waals surface area contributed by atoms with E-state index in [2.05, 4.69) is 67.6 Å². The zero-order valence-corrected chi connectivity index (χ0v) is 25.5. The van der Waals surface area contributed by atoms with E-state index in [1.807, 2.05) is 6.92 Å². The summed E-state index contributed by atoms with van der Waals surface area (Å²) in [5, 5.41) is 10.3. The van der Waals surface area contributed by atoms with Crippen molar-refractivity contribution in [2.45, 2.75) is 144 Å². The molecule has 0 spiro atoms. The zero-order valence-electron chi connectivity index (χ0n) is 21.7. The van der Waals surface area contributed by atoms with Crippen LogP contribution in [-0.2, 0) is 4.43 Å². The minimum atomic E-state index is -2.58. The maximum absolute atomic E-state index is 10.1. The third-order valence-corrected chi connectivity index (χ3v) is 28.0. The van der Waals surface area contributed by atoms with Crippen LogP contribution >= 0.6 is 0 Å². The van der Waals surface area contributed by atoms with Crippen molar-refractivity contribution < 1.29 is 9.53 Å². The van der Waals surface area contributed by atoms with Crippen LogP contribution in [0.3, 0.4) is 0 Å². The molecule has 0 saturated heterocycles. The Morgan fingerprint density at radius 3 is 1.66 bits per heavy atom. The summed E-state index contributed by atoms with van der Waals surface area (Å²) < 4.78 is 13.1. The quantitative estimate of drug-likeness (QED) is 0.214. The Morgan fingerprint density at radius 1 is 0.931 bits per heavy atom. The first-order valence-electron chi connectivity index (χ1n) is 12.4. The molecule has 0 aliphatic heterocycles. The van der Waals surface area contributed by atoms with Crippen molar-refractivity contribution in [1.82, 2.24) is 0 Å². The fourth-order valence-corrected chi connectivity index (χ4v) is 23.5. The summed E-state index contributed by atoms with van der Waals surface area (Å²) in [6.07, 6.45) is 11.2. The van der Waals surface area contributed by atoms with E-state index >= 15 is 0 Å². The van der Waals surface area contributed by atoms with Crippen LogP contribution in [0.25, 0.3) is 0 Å².